The lowest BCUT2D eigenvalue weighted by Gasteiger charge is -2.34. The number of amides is 2. The number of aliphatic hydroxyl groups excluding tert-OH is 2. The molecule has 3 rings (SSSR count). The van der Waals surface area contributed by atoms with E-state index in [-0.39, 0.29) is 59.6 Å². The van der Waals surface area contributed by atoms with E-state index in [9.17, 15) is 62.7 Å². The normalized spacial score (nSPS) is 21.9. The van der Waals surface area contributed by atoms with Crippen molar-refractivity contribution in [3.63, 3.8) is 0 Å². The molecule has 54 heavy (non-hydrogen) atoms. The number of carbonyl (C=O) groups excluding carboxylic acids is 4. The van der Waals surface area contributed by atoms with Crippen LogP contribution in [-0.2, 0) is 55.5 Å². The zero-order valence-corrected chi connectivity index (χ0v) is 32.1. The van der Waals surface area contributed by atoms with E-state index >= 15 is 0 Å². The van der Waals surface area contributed by atoms with Gasteiger partial charge in [-0.2, -0.15) is 0 Å². The number of ether oxygens (including phenoxy) is 1. The number of imidazole rings is 1. The van der Waals surface area contributed by atoms with E-state index < -0.39 is 84.6 Å². The molecule has 2 aromatic rings. The van der Waals surface area contributed by atoms with Gasteiger partial charge in [0.1, 0.15) is 42.0 Å². The summed E-state index contributed by atoms with van der Waals surface area (Å²) in [5, 5.41) is 25.7. The molecule has 0 bridgehead atoms. The van der Waals surface area contributed by atoms with E-state index in [1.807, 2.05) is 0 Å². The van der Waals surface area contributed by atoms with Crippen molar-refractivity contribution in [2.24, 2.45) is 5.41 Å². The van der Waals surface area contributed by atoms with E-state index in [1.165, 1.54) is 20.8 Å². The average molecular weight is 849 g/mol. The minimum absolute atomic E-state index is 0.0155. The summed E-state index contributed by atoms with van der Waals surface area (Å²) in [6.07, 6.45) is -7.77. The first-order valence-corrected chi connectivity index (χ1v) is 20.8. The molecule has 0 spiro atoms. The van der Waals surface area contributed by atoms with Crippen molar-refractivity contribution in [2.75, 3.05) is 37.8 Å². The first-order valence-electron chi connectivity index (χ1n) is 15.4. The Hall–Kier alpha value is -2.77. The molecule has 0 aliphatic carbocycles. The summed E-state index contributed by atoms with van der Waals surface area (Å²) in [4.78, 5) is 104. The molecule has 3 heterocycles. The zero-order valence-electron chi connectivity index (χ0n) is 28.6. The maximum absolute atomic E-state index is 12.6. The van der Waals surface area contributed by atoms with E-state index in [0.717, 1.165) is 29.0 Å². The second kappa shape index (κ2) is 18.9. The van der Waals surface area contributed by atoms with Crippen LogP contribution in [0.1, 0.15) is 39.8 Å². The molecule has 1 aliphatic rings. The number of nitrogen functional groups attached to an aromatic ring is 1. The first kappa shape index (κ1) is 45.6. The number of phosphoric acid groups is 3. The van der Waals surface area contributed by atoms with Crippen LogP contribution >= 0.6 is 35.2 Å². The monoisotopic (exact) mass is 848 g/mol. The first-order chi connectivity index (χ1) is 24.9. The Morgan fingerprint density at radius 2 is 1.80 bits per heavy atom. The fourth-order valence-electron chi connectivity index (χ4n) is 4.53. The molecular weight excluding hydrogens is 811 g/mol. The fourth-order valence-corrected chi connectivity index (χ4v) is 8.04. The minimum Gasteiger partial charge on any atom is -0.790 e. The van der Waals surface area contributed by atoms with Gasteiger partial charge < -0.3 is 64.5 Å². The van der Waals surface area contributed by atoms with Gasteiger partial charge in [0.15, 0.2) is 22.8 Å². The summed E-state index contributed by atoms with van der Waals surface area (Å²) in [6, 6.07) is 0. The van der Waals surface area contributed by atoms with E-state index in [0.29, 0.717) is 0 Å². The summed E-state index contributed by atoms with van der Waals surface area (Å²) in [6.45, 7) is 1.31. The second-order valence-electron chi connectivity index (χ2n) is 12.1. The smallest absolute Gasteiger partial charge is 0.478 e. The summed E-state index contributed by atoms with van der Waals surface area (Å²) in [5.74, 6) is -1.69. The van der Waals surface area contributed by atoms with Crippen LogP contribution in [0.15, 0.2) is 12.7 Å². The quantitative estimate of drug-likeness (QED) is 0.0408. The highest BCUT2D eigenvalue weighted by atomic mass is 32.2. The predicted octanol–water partition coefficient (Wildman–Crippen LogP) is -3.25. The number of fused-ring (bicyclic) bond motifs is 1. The lowest BCUT2D eigenvalue weighted by atomic mass is 9.87. The van der Waals surface area contributed by atoms with Gasteiger partial charge in [-0.3, -0.25) is 32.8 Å². The molecule has 7 atom stereocenters. The third kappa shape index (κ3) is 13.8. The Balaban J connectivity index is 1.51. The van der Waals surface area contributed by atoms with Crippen LogP contribution in [0.5, 0.6) is 0 Å². The van der Waals surface area contributed by atoms with E-state index in [4.69, 9.17) is 10.5 Å². The predicted molar refractivity (Wildman–Crippen MR) is 176 cm³/mol. The number of aromatic nitrogens is 4. The summed E-state index contributed by atoms with van der Waals surface area (Å²) in [7, 11) is -17.3. The molecular formula is C25H37N7O18P3S-3. The van der Waals surface area contributed by atoms with E-state index in [1.54, 1.807) is 0 Å². The molecule has 0 saturated carbocycles. The highest BCUT2D eigenvalue weighted by Crippen LogP contribution is 2.59. The average Bonchev–Trinajstić information content (AvgIpc) is 3.60. The third-order valence-electron chi connectivity index (χ3n) is 7.14. The van der Waals surface area contributed by atoms with Gasteiger partial charge in [-0.05, 0) is 6.92 Å². The molecule has 1 aliphatic heterocycles. The summed E-state index contributed by atoms with van der Waals surface area (Å²) < 4.78 is 60.8. The van der Waals surface area contributed by atoms with Crippen molar-refractivity contribution >= 4 is 74.9 Å². The Morgan fingerprint density at radius 3 is 2.44 bits per heavy atom. The van der Waals surface area contributed by atoms with Gasteiger partial charge in [-0.15, -0.1) is 0 Å². The molecule has 0 aromatic carbocycles. The van der Waals surface area contributed by atoms with Gasteiger partial charge in [-0.25, -0.2) is 23.8 Å². The molecule has 304 valence electrons. The maximum Gasteiger partial charge on any atom is 0.478 e. The number of nitrogens with two attached hydrogens (primary N) is 1. The van der Waals surface area contributed by atoms with Crippen molar-refractivity contribution in [1.82, 2.24) is 30.2 Å². The number of hydrogen-bond donors (Lipinski definition) is 6. The Bertz CT molecular complexity index is 1830. The van der Waals surface area contributed by atoms with Gasteiger partial charge in [0.05, 0.1) is 33.8 Å². The number of phosphoric ester groups is 3. The van der Waals surface area contributed by atoms with E-state index in [2.05, 4.69) is 43.5 Å². The molecule has 7 unspecified atom stereocenters. The van der Waals surface area contributed by atoms with Crippen LogP contribution in [0.3, 0.4) is 0 Å². The number of anilines is 1. The zero-order chi connectivity index (χ0) is 40.6. The number of aliphatic hydroxyl groups is 2. The standard InChI is InChI=1S/C25H40N7O18P3S/c1-13(33)8-16(35)54-7-6-27-15(34)4-5-28-23(38)20(37)25(2,3)10-47-53(44,45)50-52(42,43)46-9-14-19(49-51(39,40)41)18(36)24(48-14)32-12-31-17-21(26)29-11-30-22(17)32/h11-12,14,18-20,24,36-37H,4-10H2,1-3H3,(H,27,34)(H,28,38)(H,42,43)(H,44,45)(H2,26,29,30)(H2,39,40,41)/p-3. The fraction of sp³-hybridized carbons (Fsp3) is 0.640. The van der Waals surface area contributed by atoms with Crippen LogP contribution in [-0.4, -0.2) is 114 Å². The molecule has 2 aromatic heterocycles. The maximum atomic E-state index is 12.6. The van der Waals surface area contributed by atoms with Crippen LogP contribution in [0.4, 0.5) is 5.82 Å². The minimum atomic E-state index is -5.84. The lowest BCUT2D eigenvalue weighted by Crippen LogP contribution is -2.46. The van der Waals surface area contributed by atoms with Gasteiger partial charge in [0.25, 0.3) is 7.82 Å². The molecule has 1 fully saturated rings. The second-order valence-corrected chi connectivity index (χ2v) is 17.4. The van der Waals surface area contributed by atoms with Gasteiger partial charge >= 0.3 is 7.82 Å². The Kier molecular flexibility index (Phi) is 16.0. The number of rotatable bonds is 21. The van der Waals surface area contributed by atoms with Crippen molar-refractivity contribution in [2.45, 2.75) is 64.3 Å². The molecule has 2 amide bonds. The summed E-state index contributed by atoms with van der Waals surface area (Å²) >= 11 is 0.869. The molecule has 25 nitrogen and oxygen atoms in total. The number of hydrogen-bond acceptors (Lipinski definition) is 22. The number of ketones is 1. The molecule has 1 saturated heterocycles. The van der Waals surface area contributed by atoms with Gasteiger partial charge in [-0.1, -0.05) is 25.6 Å². The molecule has 29 heteroatoms. The number of nitrogens with zero attached hydrogens (tertiary/aromatic N) is 4. The van der Waals surface area contributed by atoms with Gasteiger partial charge in [0, 0.05) is 30.7 Å². The summed E-state index contributed by atoms with van der Waals surface area (Å²) in [5.41, 5.74) is 4.08. The highest BCUT2D eigenvalue weighted by Gasteiger charge is 2.48. The van der Waals surface area contributed by atoms with Crippen LogP contribution < -0.4 is 31.0 Å². The number of carbonyl (C=O) groups is 4. The molecule has 0 radical (unpaired) electrons. The number of thioether (sulfide) groups is 1. The Labute approximate surface area is 310 Å². The third-order valence-corrected chi connectivity index (χ3v) is 11.1. The molecule has 7 N–H and O–H groups in total. The van der Waals surface area contributed by atoms with Crippen molar-refractivity contribution < 1.29 is 85.3 Å². The largest absolute Gasteiger partial charge is 0.790 e. The SMILES string of the molecule is CC(=O)CC(=O)SCCNC(=O)CCNC(=O)C(O)C(C)(C)COP(=O)([O-])OP(=O)(O)OCC1OC(n2cnc3c(N)ncnc32)C(O)C1OP(=O)([O-])[O-]. The Morgan fingerprint density at radius 1 is 1.11 bits per heavy atom. The topological polar surface area (TPSA) is 389 Å². The van der Waals surface area contributed by atoms with Crippen molar-refractivity contribution in [3.8, 4) is 0 Å². The number of nitrogens with one attached hydrogen (secondary N) is 2. The van der Waals surface area contributed by atoms with Crippen molar-refractivity contribution in [1.29, 1.82) is 0 Å². The number of Topliss-reactive ketones (excluding diaryl/α,β-unsaturated/α-hetero) is 1. The highest BCUT2D eigenvalue weighted by molar-refractivity contribution is 8.13. The van der Waals surface area contributed by atoms with Gasteiger partial charge in [0.2, 0.25) is 11.8 Å². The van der Waals surface area contributed by atoms with Crippen LogP contribution in [0.25, 0.3) is 11.2 Å². The lowest BCUT2D eigenvalue weighted by molar-refractivity contribution is -0.347. The van der Waals surface area contributed by atoms with Crippen LogP contribution in [0, 0.1) is 5.41 Å². The van der Waals surface area contributed by atoms with Crippen LogP contribution in [0.2, 0.25) is 0 Å². The van der Waals surface area contributed by atoms with Crippen molar-refractivity contribution in [3.05, 3.63) is 12.7 Å².